The summed E-state index contributed by atoms with van der Waals surface area (Å²) in [5, 5.41) is 14.7. The fraction of sp³-hybridized carbons (Fsp3) is 0.188. The van der Waals surface area contributed by atoms with Gasteiger partial charge >= 0.3 is 0 Å². The molecule has 1 aromatic carbocycles. The Morgan fingerprint density at radius 2 is 2.08 bits per heavy atom. The van der Waals surface area contributed by atoms with E-state index in [1.165, 1.54) is 0 Å². The molecule has 128 valence electrons. The van der Waals surface area contributed by atoms with E-state index in [2.05, 4.69) is 41.5 Å². The molecule has 0 aliphatic rings. The smallest absolute Gasteiger partial charge is 0.278 e. The molecule has 2 aromatic heterocycles. The predicted molar refractivity (Wildman–Crippen MR) is 97.6 cm³/mol. The second-order valence-electron chi connectivity index (χ2n) is 5.52. The molecule has 25 heavy (non-hydrogen) atoms. The van der Waals surface area contributed by atoms with Gasteiger partial charge in [0.15, 0.2) is 11.5 Å². The van der Waals surface area contributed by atoms with Crippen LogP contribution in [0.1, 0.15) is 16.1 Å². The summed E-state index contributed by atoms with van der Waals surface area (Å²) in [5.41, 5.74) is 1.27. The fourth-order valence-electron chi connectivity index (χ4n) is 2.10. The lowest BCUT2D eigenvalue weighted by Gasteiger charge is -2.09. The number of aromatic nitrogens is 5. The molecule has 2 heterocycles. The van der Waals surface area contributed by atoms with Gasteiger partial charge in [0.05, 0.1) is 6.54 Å². The first-order valence-corrected chi connectivity index (χ1v) is 8.27. The van der Waals surface area contributed by atoms with Gasteiger partial charge in [0.1, 0.15) is 6.33 Å². The lowest BCUT2D eigenvalue weighted by molar-refractivity contribution is 0.102. The Hall–Kier alpha value is -2.81. The highest BCUT2D eigenvalue weighted by molar-refractivity contribution is 9.10. The van der Waals surface area contributed by atoms with Crippen LogP contribution in [-0.4, -0.2) is 45.0 Å². The third kappa shape index (κ3) is 4.38. The van der Waals surface area contributed by atoms with Crippen LogP contribution in [0.4, 0.5) is 11.8 Å². The second-order valence-corrected chi connectivity index (χ2v) is 6.44. The van der Waals surface area contributed by atoms with E-state index in [1.807, 2.05) is 38.4 Å². The summed E-state index contributed by atoms with van der Waals surface area (Å²) in [6.07, 6.45) is 1.57. The Kier molecular flexibility index (Phi) is 5.03. The molecule has 0 fully saturated rings. The van der Waals surface area contributed by atoms with Gasteiger partial charge in [0.2, 0.25) is 5.95 Å². The molecule has 0 unspecified atom stereocenters. The van der Waals surface area contributed by atoms with E-state index >= 15 is 0 Å². The van der Waals surface area contributed by atoms with Crippen LogP contribution in [0.25, 0.3) is 0 Å². The van der Waals surface area contributed by atoms with Crippen LogP contribution < -0.4 is 10.2 Å². The molecule has 0 bridgehead atoms. The second kappa shape index (κ2) is 7.39. The number of rotatable bonds is 5. The minimum Gasteiger partial charge on any atom is -0.361 e. The van der Waals surface area contributed by atoms with Gasteiger partial charge in [-0.2, -0.15) is 0 Å². The van der Waals surface area contributed by atoms with Crippen molar-refractivity contribution in [3.8, 4) is 0 Å². The normalized spacial score (nSPS) is 10.5. The molecule has 0 radical (unpaired) electrons. The number of benzene rings is 1. The van der Waals surface area contributed by atoms with Crippen LogP contribution in [0.3, 0.4) is 0 Å². The van der Waals surface area contributed by atoms with Crippen LogP contribution in [0.2, 0.25) is 0 Å². The van der Waals surface area contributed by atoms with Crippen molar-refractivity contribution in [3.63, 3.8) is 0 Å². The van der Waals surface area contributed by atoms with E-state index in [4.69, 9.17) is 0 Å². The van der Waals surface area contributed by atoms with Crippen molar-refractivity contribution in [2.24, 2.45) is 0 Å². The lowest BCUT2D eigenvalue weighted by atomic mass is 10.2. The standard InChI is InChI=1S/C16H16BrN7O/c1-23(2)14-7-6-13(20-21-14)15(25)19-16-18-10-24(22-16)9-11-4-3-5-12(17)8-11/h3-8,10H,9H2,1-2H3,(H,19,22,25). The molecule has 8 nitrogen and oxygen atoms in total. The average Bonchev–Trinajstić information content (AvgIpc) is 3.01. The van der Waals surface area contributed by atoms with Crippen molar-refractivity contribution in [2.75, 3.05) is 24.3 Å². The predicted octanol–water partition coefficient (Wildman–Crippen LogP) is 2.20. The lowest BCUT2D eigenvalue weighted by Crippen LogP contribution is -2.17. The summed E-state index contributed by atoms with van der Waals surface area (Å²) in [5.74, 6) is 0.490. The molecule has 1 N–H and O–H groups in total. The Balaban J connectivity index is 1.65. The zero-order valence-corrected chi connectivity index (χ0v) is 15.3. The minimum atomic E-state index is -0.405. The number of carbonyl (C=O) groups excluding carboxylic acids is 1. The SMILES string of the molecule is CN(C)c1ccc(C(=O)Nc2ncn(Cc3cccc(Br)c3)n2)nn1. The molecule has 0 saturated heterocycles. The van der Waals surface area contributed by atoms with Gasteiger partial charge in [-0.1, -0.05) is 28.1 Å². The Labute approximate surface area is 153 Å². The zero-order chi connectivity index (χ0) is 17.8. The number of amides is 1. The summed E-state index contributed by atoms with van der Waals surface area (Å²) in [6.45, 7) is 0.555. The van der Waals surface area contributed by atoms with Crippen LogP contribution >= 0.6 is 15.9 Å². The van der Waals surface area contributed by atoms with Gasteiger partial charge in [-0.15, -0.1) is 15.3 Å². The topological polar surface area (TPSA) is 88.8 Å². The number of carbonyl (C=O) groups is 1. The summed E-state index contributed by atoms with van der Waals surface area (Å²) in [7, 11) is 3.71. The molecule has 0 atom stereocenters. The first-order chi connectivity index (χ1) is 12.0. The average molecular weight is 402 g/mol. The molecule has 0 aliphatic carbocycles. The van der Waals surface area contributed by atoms with Gasteiger partial charge in [-0.25, -0.2) is 9.67 Å². The van der Waals surface area contributed by atoms with Gasteiger partial charge in [0.25, 0.3) is 5.91 Å². The van der Waals surface area contributed by atoms with Crippen molar-refractivity contribution in [1.29, 1.82) is 0 Å². The van der Waals surface area contributed by atoms with Crippen LogP contribution in [0, 0.1) is 0 Å². The molecule has 0 aliphatic heterocycles. The van der Waals surface area contributed by atoms with Crippen molar-refractivity contribution in [3.05, 3.63) is 58.5 Å². The third-order valence-corrected chi connectivity index (χ3v) is 3.83. The summed E-state index contributed by atoms with van der Waals surface area (Å²) in [4.78, 5) is 18.1. The molecule has 0 saturated carbocycles. The molecule has 3 aromatic rings. The van der Waals surface area contributed by atoms with Crippen molar-refractivity contribution >= 4 is 33.6 Å². The van der Waals surface area contributed by atoms with Crippen molar-refractivity contribution in [2.45, 2.75) is 6.54 Å². The zero-order valence-electron chi connectivity index (χ0n) is 13.7. The number of nitrogens with one attached hydrogen (secondary N) is 1. The largest absolute Gasteiger partial charge is 0.361 e. The number of hydrogen-bond acceptors (Lipinski definition) is 6. The quantitative estimate of drug-likeness (QED) is 0.704. The first kappa shape index (κ1) is 17.0. The Morgan fingerprint density at radius 3 is 2.76 bits per heavy atom. The minimum absolute atomic E-state index is 0.203. The van der Waals surface area contributed by atoms with Crippen LogP contribution in [0.15, 0.2) is 47.2 Å². The van der Waals surface area contributed by atoms with E-state index in [-0.39, 0.29) is 11.6 Å². The summed E-state index contributed by atoms with van der Waals surface area (Å²) in [6, 6.07) is 11.2. The maximum absolute atomic E-state index is 12.2. The van der Waals surface area contributed by atoms with E-state index < -0.39 is 5.91 Å². The number of halogens is 1. The molecule has 1 amide bonds. The van der Waals surface area contributed by atoms with Gasteiger partial charge < -0.3 is 4.90 Å². The Bertz CT molecular complexity index is 876. The van der Waals surface area contributed by atoms with Crippen LogP contribution in [-0.2, 0) is 6.54 Å². The first-order valence-electron chi connectivity index (χ1n) is 7.47. The molecule has 9 heteroatoms. The summed E-state index contributed by atoms with van der Waals surface area (Å²) < 4.78 is 2.65. The van der Waals surface area contributed by atoms with Crippen molar-refractivity contribution in [1.82, 2.24) is 25.0 Å². The maximum atomic E-state index is 12.2. The molecule has 3 rings (SSSR count). The van der Waals surface area contributed by atoms with E-state index in [9.17, 15) is 4.79 Å². The van der Waals surface area contributed by atoms with E-state index in [1.54, 1.807) is 28.0 Å². The van der Waals surface area contributed by atoms with E-state index in [0.29, 0.717) is 12.4 Å². The maximum Gasteiger partial charge on any atom is 0.278 e. The number of anilines is 2. The highest BCUT2D eigenvalue weighted by Gasteiger charge is 2.12. The monoisotopic (exact) mass is 401 g/mol. The fourth-order valence-corrected chi connectivity index (χ4v) is 2.55. The molecular weight excluding hydrogens is 386 g/mol. The van der Waals surface area contributed by atoms with Crippen LogP contribution in [0.5, 0.6) is 0 Å². The van der Waals surface area contributed by atoms with Crippen molar-refractivity contribution < 1.29 is 4.79 Å². The number of hydrogen-bond donors (Lipinski definition) is 1. The third-order valence-electron chi connectivity index (χ3n) is 3.34. The highest BCUT2D eigenvalue weighted by atomic mass is 79.9. The molecular formula is C16H16BrN7O. The molecule has 0 spiro atoms. The van der Waals surface area contributed by atoms with E-state index in [0.717, 1.165) is 10.0 Å². The number of nitrogens with zero attached hydrogens (tertiary/aromatic N) is 6. The van der Waals surface area contributed by atoms with Gasteiger partial charge in [-0.05, 0) is 29.8 Å². The summed E-state index contributed by atoms with van der Waals surface area (Å²) >= 11 is 3.44. The van der Waals surface area contributed by atoms with Gasteiger partial charge in [0, 0.05) is 18.6 Å². The van der Waals surface area contributed by atoms with Gasteiger partial charge in [-0.3, -0.25) is 10.1 Å². The Morgan fingerprint density at radius 1 is 1.24 bits per heavy atom. The highest BCUT2D eigenvalue weighted by Crippen LogP contribution is 2.13.